The minimum absolute atomic E-state index is 0. The summed E-state index contributed by atoms with van der Waals surface area (Å²) in [5.74, 6) is 0. The number of benzene rings is 2. The number of unbranched alkanes of at least 4 members (excludes halogenated alkanes) is 3. The average Bonchev–Trinajstić information content (AvgIpc) is 2.69. The molecule has 0 aromatic heterocycles. The Bertz CT molecular complexity index is 863. The molecule has 2 aromatic carbocycles. The van der Waals surface area contributed by atoms with Crippen LogP contribution in [-0.2, 0) is 34.2 Å². The van der Waals surface area contributed by atoms with Crippen molar-refractivity contribution in [2.45, 2.75) is 83.5 Å². The van der Waals surface area contributed by atoms with E-state index < -0.39 is 10.1 Å². The second-order valence-corrected chi connectivity index (χ2v) is 8.39. The van der Waals surface area contributed by atoms with Crippen molar-refractivity contribution >= 4 is 27.7 Å². The first kappa shape index (κ1) is 28.3. The number of hydrogen-bond donors (Lipinski definition) is 0. The monoisotopic (exact) mass is 428 g/mol. The van der Waals surface area contributed by atoms with Crippen LogP contribution in [0.1, 0.15) is 76.0 Å². The van der Waals surface area contributed by atoms with Gasteiger partial charge in [0.15, 0.2) is 0 Å². The maximum atomic E-state index is 12.2. The van der Waals surface area contributed by atoms with Gasteiger partial charge in [-0.25, -0.2) is 8.42 Å². The predicted octanol–water partition coefficient (Wildman–Crippen LogP) is 2.59. The predicted molar refractivity (Wildman–Crippen MR) is 115 cm³/mol. The SMILES string of the molecule is C=O.CCCCc1c(CCCC)c(S(=O)(=O)[O-])c2ccccc2c1CCCC.[Na+]. The Morgan fingerprint density at radius 3 is 1.62 bits per heavy atom. The molecule has 0 unspecified atom stereocenters. The molecule has 0 aliphatic rings. The fourth-order valence-corrected chi connectivity index (χ4v) is 4.76. The smallest absolute Gasteiger partial charge is 0.744 e. The molecule has 0 atom stereocenters. The first-order valence-corrected chi connectivity index (χ1v) is 11.7. The molecule has 0 heterocycles. The summed E-state index contributed by atoms with van der Waals surface area (Å²) < 4.78 is 36.7. The Morgan fingerprint density at radius 1 is 0.759 bits per heavy atom. The number of aryl methyl sites for hydroxylation is 1. The number of carbonyl (C=O) groups is 1. The van der Waals surface area contributed by atoms with Crippen molar-refractivity contribution in [1.82, 2.24) is 0 Å². The van der Waals surface area contributed by atoms with Gasteiger partial charge in [-0.1, -0.05) is 64.3 Å². The Labute approximate surface area is 198 Å². The molecule has 29 heavy (non-hydrogen) atoms. The normalized spacial score (nSPS) is 10.9. The van der Waals surface area contributed by atoms with Gasteiger partial charge in [0.25, 0.3) is 0 Å². The van der Waals surface area contributed by atoms with Crippen molar-refractivity contribution in [3.63, 3.8) is 0 Å². The summed E-state index contributed by atoms with van der Waals surface area (Å²) in [4.78, 5) is 8.04. The fraction of sp³-hybridized carbons (Fsp3) is 0.522. The maximum absolute atomic E-state index is 12.2. The van der Waals surface area contributed by atoms with Crippen LogP contribution in [0.25, 0.3) is 10.8 Å². The Balaban J connectivity index is 0.00000253. The number of rotatable bonds is 10. The van der Waals surface area contributed by atoms with Crippen LogP contribution < -0.4 is 29.6 Å². The quantitative estimate of drug-likeness (QED) is 0.431. The molecule has 2 aromatic rings. The molecule has 2 rings (SSSR count). The molecule has 0 spiro atoms. The van der Waals surface area contributed by atoms with Gasteiger partial charge in [-0.15, -0.1) is 0 Å². The van der Waals surface area contributed by atoms with Crippen LogP contribution in [0.2, 0.25) is 0 Å². The van der Waals surface area contributed by atoms with Crippen molar-refractivity contribution < 1.29 is 47.3 Å². The number of fused-ring (bicyclic) bond motifs is 1. The molecule has 6 heteroatoms. The van der Waals surface area contributed by atoms with E-state index in [1.807, 2.05) is 25.0 Å². The van der Waals surface area contributed by atoms with Gasteiger partial charge in [-0.3, -0.25) is 0 Å². The minimum atomic E-state index is -4.53. The van der Waals surface area contributed by atoms with Crippen molar-refractivity contribution in [3.05, 3.63) is 41.0 Å². The molecule has 4 nitrogen and oxygen atoms in total. The summed E-state index contributed by atoms with van der Waals surface area (Å²) in [5, 5.41) is 1.56. The van der Waals surface area contributed by atoms with Gasteiger partial charge in [-0.2, -0.15) is 0 Å². The second kappa shape index (κ2) is 14.3. The molecule has 0 radical (unpaired) electrons. The van der Waals surface area contributed by atoms with Crippen LogP contribution in [0.3, 0.4) is 0 Å². The molecule has 0 bridgehead atoms. The van der Waals surface area contributed by atoms with Crippen molar-refractivity contribution in [2.24, 2.45) is 0 Å². The van der Waals surface area contributed by atoms with Crippen molar-refractivity contribution in [2.75, 3.05) is 0 Å². The Hall–Kier alpha value is -0.720. The zero-order chi connectivity index (χ0) is 21.2. The summed E-state index contributed by atoms with van der Waals surface area (Å²) in [6, 6.07) is 7.55. The summed E-state index contributed by atoms with van der Waals surface area (Å²) in [5.41, 5.74) is 3.18. The number of hydrogen-bond acceptors (Lipinski definition) is 4. The zero-order valence-corrected chi connectivity index (χ0v) is 21.2. The molecule has 0 amide bonds. The van der Waals surface area contributed by atoms with Crippen molar-refractivity contribution in [1.29, 1.82) is 0 Å². The molecular formula is C23H33NaO4S. The van der Waals surface area contributed by atoms with Gasteiger partial charge >= 0.3 is 29.6 Å². The van der Waals surface area contributed by atoms with Crippen molar-refractivity contribution in [3.8, 4) is 0 Å². The molecule has 0 saturated carbocycles. The van der Waals surface area contributed by atoms with Gasteiger partial charge in [0.1, 0.15) is 16.9 Å². The summed E-state index contributed by atoms with van der Waals surface area (Å²) in [6.07, 6.45) is 8.54. The molecule has 156 valence electrons. The van der Waals surface area contributed by atoms with E-state index in [9.17, 15) is 13.0 Å². The zero-order valence-electron chi connectivity index (χ0n) is 18.4. The standard InChI is InChI=1S/C22H32O3S.CH2O.Na/c1-4-7-12-17-18(13-8-5-2)20(14-9-6-3)22(26(23,24)25)21-16-11-10-15-19(17)21;1-2;/h10-11,15-16H,4-9,12-14H2,1-3H3,(H,23,24,25);1H2;/q;;+1/p-1. The van der Waals surface area contributed by atoms with E-state index in [-0.39, 0.29) is 34.5 Å². The van der Waals surface area contributed by atoms with Gasteiger partial charge in [0, 0.05) is 0 Å². The van der Waals surface area contributed by atoms with E-state index in [0.717, 1.165) is 67.9 Å². The van der Waals surface area contributed by atoms with Gasteiger partial charge in [-0.05, 0) is 66.0 Å². The first-order chi connectivity index (χ1) is 13.5. The molecule has 0 saturated heterocycles. The molecule has 0 N–H and O–H groups in total. The van der Waals surface area contributed by atoms with Crippen LogP contribution in [0.5, 0.6) is 0 Å². The minimum Gasteiger partial charge on any atom is -0.744 e. The van der Waals surface area contributed by atoms with Crippen LogP contribution in [0.15, 0.2) is 29.2 Å². The fourth-order valence-electron chi connectivity index (χ4n) is 3.79. The van der Waals surface area contributed by atoms with E-state index in [4.69, 9.17) is 4.79 Å². The Morgan fingerprint density at radius 2 is 1.17 bits per heavy atom. The molecular weight excluding hydrogens is 395 g/mol. The van der Waals surface area contributed by atoms with E-state index in [2.05, 4.69) is 20.8 Å². The van der Waals surface area contributed by atoms with Gasteiger partial charge in [0.2, 0.25) is 0 Å². The average molecular weight is 429 g/mol. The van der Waals surface area contributed by atoms with E-state index >= 15 is 0 Å². The summed E-state index contributed by atoms with van der Waals surface area (Å²) in [6.45, 7) is 8.40. The maximum Gasteiger partial charge on any atom is 1.00 e. The largest absolute Gasteiger partial charge is 1.00 e. The van der Waals surface area contributed by atoms with Crippen LogP contribution in [0.4, 0.5) is 0 Å². The summed E-state index contributed by atoms with van der Waals surface area (Å²) >= 11 is 0. The third-order valence-electron chi connectivity index (χ3n) is 5.09. The molecule has 0 fully saturated rings. The Kier molecular flexibility index (Phi) is 14.0. The summed E-state index contributed by atoms with van der Waals surface area (Å²) in [7, 11) is -4.53. The van der Waals surface area contributed by atoms with Gasteiger partial charge < -0.3 is 9.35 Å². The van der Waals surface area contributed by atoms with E-state index in [1.165, 1.54) is 5.56 Å². The third kappa shape index (κ3) is 7.48. The third-order valence-corrected chi connectivity index (χ3v) is 6.06. The topological polar surface area (TPSA) is 74.3 Å². The van der Waals surface area contributed by atoms with Crippen LogP contribution >= 0.6 is 0 Å². The second-order valence-electron chi connectivity index (χ2n) is 7.08. The van der Waals surface area contributed by atoms with Gasteiger partial charge in [0.05, 0.1) is 4.90 Å². The number of carbonyl (C=O) groups excluding carboxylic acids is 1. The molecule has 0 aliphatic heterocycles. The van der Waals surface area contributed by atoms with Crippen LogP contribution in [-0.4, -0.2) is 19.8 Å². The van der Waals surface area contributed by atoms with Crippen LogP contribution in [0, 0.1) is 0 Å². The molecule has 0 aliphatic carbocycles. The van der Waals surface area contributed by atoms with E-state index in [0.29, 0.717) is 11.8 Å². The first-order valence-electron chi connectivity index (χ1n) is 10.3. The van der Waals surface area contributed by atoms with E-state index in [1.54, 1.807) is 6.07 Å².